The van der Waals surface area contributed by atoms with Gasteiger partial charge in [-0.1, -0.05) is 12.1 Å². The highest BCUT2D eigenvalue weighted by molar-refractivity contribution is 7.13. The first-order valence-electron chi connectivity index (χ1n) is 7.43. The lowest BCUT2D eigenvalue weighted by Gasteiger charge is -2.07. The van der Waals surface area contributed by atoms with Crippen LogP contribution in [0.5, 0.6) is 0 Å². The number of carbonyl (C=O) groups is 1. The van der Waals surface area contributed by atoms with Crippen LogP contribution in [0.25, 0.3) is 16.5 Å². The molecule has 0 aliphatic heterocycles. The molecule has 1 amide bonds. The highest BCUT2D eigenvalue weighted by atomic mass is 32.1. The van der Waals surface area contributed by atoms with Gasteiger partial charge in [-0.05, 0) is 30.9 Å². The van der Waals surface area contributed by atoms with Gasteiger partial charge in [0.05, 0.1) is 28.0 Å². The standard InChI is InChI=1S/C17H17N5OS/c1-4-7-18-16(23)13-10-20-22(12(13)3)17-19-9-11(2)15(21-17)14-6-5-8-24-14/h4-6,8-10H,1,7H2,2-3H3,(H,18,23). The van der Waals surface area contributed by atoms with E-state index in [0.29, 0.717) is 23.8 Å². The summed E-state index contributed by atoms with van der Waals surface area (Å²) >= 11 is 1.62. The number of thiophene rings is 1. The van der Waals surface area contributed by atoms with Crippen LogP contribution in [0.4, 0.5) is 0 Å². The zero-order valence-electron chi connectivity index (χ0n) is 13.5. The molecule has 3 aromatic rings. The van der Waals surface area contributed by atoms with E-state index in [1.165, 1.54) is 6.20 Å². The van der Waals surface area contributed by atoms with Crippen LogP contribution in [0.2, 0.25) is 0 Å². The van der Waals surface area contributed by atoms with Gasteiger partial charge in [0.25, 0.3) is 11.9 Å². The van der Waals surface area contributed by atoms with Crippen molar-refractivity contribution in [3.05, 3.63) is 59.4 Å². The maximum Gasteiger partial charge on any atom is 0.255 e. The summed E-state index contributed by atoms with van der Waals surface area (Å²) in [7, 11) is 0. The minimum atomic E-state index is -0.191. The van der Waals surface area contributed by atoms with Crippen molar-refractivity contribution in [1.82, 2.24) is 25.1 Å². The van der Waals surface area contributed by atoms with Gasteiger partial charge in [0.1, 0.15) is 0 Å². The predicted octanol–water partition coefficient (Wildman–Crippen LogP) is 2.92. The first-order valence-corrected chi connectivity index (χ1v) is 8.31. The van der Waals surface area contributed by atoms with E-state index >= 15 is 0 Å². The third kappa shape index (κ3) is 2.98. The molecule has 7 heteroatoms. The molecule has 0 unspecified atom stereocenters. The Morgan fingerprint density at radius 2 is 2.25 bits per heavy atom. The van der Waals surface area contributed by atoms with E-state index in [0.717, 1.165) is 16.1 Å². The Morgan fingerprint density at radius 1 is 1.42 bits per heavy atom. The molecule has 3 rings (SSSR count). The van der Waals surface area contributed by atoms with E-state index in [1.54, 1.807) is 28.3 Å². The Morgan fingerprint density at radius 3 is 2.96 bits per heavy atom. The Hall–Kier alpha value is -2.80. The number of nitrogens with one attached hydrogen (secondary N) is 1. The first-order chi connectivity index (χ1) is 11.6. The van der Waals surface area contributed by atoms with Crippen molar-refractivity contribution in [1.29, 1.82) is 0 Å². The number of rotatable bonds is 5. The second kappa shape index (κ2) is 6.76. The highest BCUT2D eigenvalue weighted by Crippen LogP contribution is 2.26. The molecule has 0 saturated carbocycles. The van der Waals surface area contributed by atoms with Crippen molar-refractivity contribution in [3.8, 4) is 16.5 Å². The second-order valence-corrected chi connectivity index (χ2v) is 6.18. The molecule has 3 heterocycles. The van der Waals surface area contributed by atoms with E-state index in [4.69, 9.17) is 0 Å². The average molecular weight is 339 g/mol. The number of aryl methyl sites for hydroxylation is 1. The van der Waals surface area contributed by atoms with Crippen molar-refractivity contribution in [2.24, 2.45) is 0 Å². The number of carbonyl (C=O) groups excluding carboxylic acids is 1. The van der Waals surface area contributed by atoms with Crippen molar-refractivity contribution < 1.29 is 4.79 Å². The zero-order valence-corrected chi connectivity index (χ0v) is 14.3. The lowest BCUT2D eigenvalue weighted by Crippen LogP contribution is -2.23. The minimum Gasteiger partial charge on any atom is -0.348 e. The van der Waals surface area contributed by atoms with Crippen LogP contribution in [0, 0.1) is 13.8 Å². The number of amides is 1. The van der Waals surface area contributed by atoms with Gasteiger partial charge >= 0.3 is 0 Å². The van der Waals surface area contributed by atoms with Crippen molar-refractivity contribution in [3.63, 3.8) is 0 Å². The topological polar surface area (TPSA) is 72.7 Å². The summed E-state index contributed by atoms with van der Waals surface area (Å²) in [4.78, 5) is 22.2. The maximum atomic E-state index is 12.1. The summed E-state index contributed by atoms with van der Waals surface area (Å²) in [6, 6.07) is 4.01. The van der Waals surface area contributed by atoms with Crippen molar-refractivity contribution >= 4 is 17.2 Å². The van der Waals surface area contributed by atoms with Gasteiger partial charge in [0.15, 0.2) is 0 Å². The second-order valence-electron chi connectivity index (χ2n) is 5.23. The van der Waals surface area contributed by atoms with Crippen LogP contribution in [-0.2, 0) is 0 Å². The van der Waals surface area contributed by atoms with E-state index in [-0.39, 0.29) is 5.91 Å². The average Bonchev–Trinajstić information content (AvgIpc) is 3.23. The van der Waals surface area contributed by atoms with Crippen LogP contribution in [0.3, 0.4) is 0 Å². The van der Waals surface area contributed by atoms with Crippen LogP contribution in [0.1, 0.15) is 21.6 Å². The summed E-state index contributed by atoms with van der Waals surface area (Å²) in [6.45, 7) is 7.80. The molecule has 6 nitrogen and oxygen atoms in total. The van der Waals surface area contributed by atoms with E-state index < -0.39 is 0 Å². The molecule has 3 aromatic heterocycles. The maximum absolute atomic E-state index is 12.1. The minimum absolute atomic E-state index is 0.191. The summed E-state index contributed by atoms with van der Waals surface area (Å²) in [6.07, 6.45) is 4.94. The molecule has 0 spiro atoms. The quantitative estimate of drug-likeness (QED) is 0.726. The van der Waals surface area contributed by atoms with Crippen molar-refractivity contribution in [2.75, 3.05) is 6.54 Å². The SMILES string of the molecule is C=CCNC(=O)c1cnn(-c2ncc(C)c(-c3cccs3)n2)c1C. The number of hydrogen-bond acceptors (Lipinski definition) is 5. The molecular formula is C17H17N5OS. The molecule has 0 saturated heterocycles. The summed E-state index contributed by atoms with van der Waals surface area (Å²) in [5.74, 6) is 0.258. The fourth-order valence-electron chi connectivity index (χ4n) is 2.29. The predicted molar refractivity (Wildman–Crippen MR) is 94.5 cm³/mol. The largest absolute Gasteiger partial charge is 0.348 e. The van der Waals surface area contributed by atoms with Crippen LogP contribution < -0.4 is 5.32 Å². The lowest BCUT2D eigenvalue weighted by molar-refractivity contribution is 0.0957. The van der Waals surface area contributed by atoms with Gasteiger partial charge in [-0.3, -0.25) is 4.79 Å². The molecule has 24 heavy (non-hydrogen) atoms. The normalized spacial score (nSPS) is 10.6. The molecule has 0 aliphatic carbocycles. The molecule has 1 N–H and O–H groups in total. The number of nitrogens with zero attached hydrogens (tertiary/aromatic N) is 4. The molecule has 0 radical (unpaired) electrons. The first kappa shape index (κ1) is 16.1. The van der Waals surface area contributed by atoms with Gasteiger partial charge in [0.2, 0.25) is 0 Å². The van der Waals surface area contributed by atoms with E-state index in [9.17, 15) is 4.79 Å². The van der Waals surface area contributed by atoms with Gasteiger partial charge < -0.3 is 5.32 Å². The Kier molecular flexibility index (Phi) is 4.52. The lowest BCUT2D eigenvalue weighted by atomic mass is 10.2. The molecular weight excluding hydrogens is 322 g/mol. The molecule has 0 fully saturated rings. The Labute approximate surface area is 143 Å². The summed E-state index contributed by atoms with van der Waals surface area (Å²) < 4.78 is 1.58. The molecule has 0 aromatic carbocycles. The molecule has 0 bridgehead atoms. The smallest absolute Gasteiger partial charge is 0.255 e. The van der Waals surface area contributed by atoms with E-state index in [2.05, 4.69) is 27.0 Å². The molecule has 122 valence electrons. The zero-order chi connectivity index (χ0) is 17.1. The van der Waals surface area contributed by atoms with Gasteiger partial charge in [-0.15, -0.1) is 17.9 Å². The number of aromatic nitrogens is 4. The summed E-state index contributed by atoms with van der Waals surface area (Å²) in [5.41, 5.74) is 3.06. The third-order valence-electron chi connectivity index (χ3n) is 3.56. The highest BCUT2D eigenvalue weighted by Gasteiger charge is 2.17. The third-order valence-corrected chi connectivity index (χ3v) is 4.44. The van der Waals surface area contributed by atoms with Gasteiger partial charge in [0, 0.05) is 12.7 Å². The monoisotopic (exact) mass is 339 g/mol. The fourth-order valence-corrected chi connectivity index (χ4v) is 3.07. The Balaban J connectivity index is 1.98. The Bertz CT molecular complexity index is 883. The van der Waals surface area contributed by atoms with Crippen LogP contribution >= 0.6 is 11.3 Å². The number of hydrogen-bond donors (Lipinski definition) is 1. The van der Waals surface area contributed by atoms with Crippen LogP contribution in [-0.4, -0.2) is 32.2 Å². The molecule has 0 atom stereocenters. The van der Waals surface area contributed by atoms with Crippen LogP contribution in [0.15, 0.2) is 42.6 Å². The molecule has 0 aliphatic rings. The van der Waals surface area contributed by atoms with Gasteiger partial charge in [-0.25, -0.2) is 14.6 Å². The fraction of sp³-hybridized carbons (Fsp3) is 0.176. The van der Waals surface area contributed by atoms with Gasteiger partial charge in [-0.2, -0.15) is 5.10 Å². The van der Waals surface area contributed by atoms with E-state index in [1.807, 2.05) is 31.4 Å². The van der Waals surface area contributed by atoms with Crippen molar-refractivity contribution in [2.45, 2.75) is 13.8 Å². The summed E-state index contributed by atoms with van der Waals surface area (Å²) in [5, 5.41) is 9.03.